The van der Waals surface area contributed by atoms with Gasteiger partial charge in [0.05, 0.1) is 7.11 Å². The summed E-state index contributed by atoms with van der Waals surface area (Å²) in [4.78, 5) is 8.70. The van der Waals surface area contributed by atoms with Crippen LogP contribution in [-0.4, -0.2) is 17.1 Å². The number of fused-ring (bicyclic) bond motifs is 1. The lowest BCUT2D eigenvalue weighted by atomic mass is 10.0. The van der Waals surface area contributed by atoms with Crippen LogP contribution in [0.25, 0.3) is 22.0 Å². The highest BCUT2D eigenvalue weighted by Gasteiger charge is 2.10. The normalized spacial score (nSPS) is 10.3. The maximum atomic E-state index is 8.83. The van der Waals surface area contributed by atoms with Gasteiger partial charge in [-0.2, -0.15) is 5.26 Å². The van der Waals surface area contributed by atoms with Crippen LogP contribution in [-0.2, 0) is 0 Å². The van der Waals surface area contributed by atoms with Crippen molar-refractivity contribution in [3.05, 3.63) is 54.0 Å². The van der Waals surface area contributed by atoms with Crippen LogP contribution in [0.2, 0.25) is 0 Å². The second kappa shape index (κ2) is 5.22. The molecule has 0 aliphatic heterocycles. The quantitative estimate of drug-likeness (QED) is 0.718. The predicted molar refractivity (Wildman–Crippen MR) is 81.0 cm³/mol. The van der Waals surface area contributed by atoms with Gasteiger partial charge in [-0.15, -0.1) is 0 Å². The minimum absolute atomic E-state index is 0.408. The van der Waals surface area contributed by atoms with E-state index in [0.29, 0.717) is 5.69 Å². The van der Waals surface area contributed by atoms with Crippen molar-refractivity contribution >= 4 is 10.9 Å². The molecule has 0 saturated heterocycles. The molecule has 2 aromatic heterocycles. The Hall–Kier alpha value is -2.93. The molecular weight excluding hydrogens is 262 g/mol. The predicted octanol–water partition coefficient (Wildman–Crippen LogP) is 3.49. The van der Waals surface area contributed by atoms with Gasteiger partial charge in [0.15, 0.2) is 0 Å². The van der Waals surface area contributed by atoms with Crippen molar-refractivity contribution in [1.29, 1.82) is 5.26 Å². The summed E-state index contributed by atoms with van der Waals surface area (Å²) in [5.41, 5.74) is 4.16. The van der Waals surface area contributed by atoms with E-state index in [1.165, 1.54) is 0 Å². The van der Waals surface area contributed by atoms with Gasteiger partial charge >= 0.3 is 0 Å². The fourth-order valence-corrected chi connectivity index (χ4v) is 2.33. The second-order valence-electron chi connectivity index (χ2n) is 4.71. The molecule has 0 saturated carbocycles. The number of hydrogen-bond acceptors (Lipinski definition) is 4. The highest BCUT2D eigenvalue weighted by atomic mass is 16.5. The molecule has 3 aromatic rings. The van der Waals surface area contributed by atoms with Gasteiger partial charge in [-0.3, -0.25) is 0 Å². The molecular formula is C17H13N3O. The molecule has 0 bridgehead atoms. The molecule has 0 aliphatic carbocycles. The number of aromatic nitrogens is 2. The molecule has 0 atom stereocenters. The van der Waals surface area contributed by atoms with Crippen molar-refractivity contribution in [1.82, 2.24) is 9.97 Å². The topological polar surface area (TPSA) is 58.8 Å². The Bertz CT molecular complexity index is 848. The molecule has 0 amide bonds. The number of ether oxygens (including phenoxy) is 1. The summed E-state index contributed by atoms with van der Waals surface area (Å²) in [5.74, 6) is 0.749. The number of pyridine rings is 2. The Kier molecular flexibility index (Phi) is 3.25. The van der Waals surface area contributed by atoms with Crippen LogP contribution in [0, 0.1) is 18.3 Å². The third kappa shape index (κ3) is 2.30. The van der Waals surface area contributed by atoms with E-state index in [2.05, 4.69) is 9.97 Å². The van der Waals surface area contributed by atoms with E-state index in [1.54, 1.807) is 19.4 Å². The SMILES string of the molecule is COc1ccc(-c2ccc(C#N)nc2)c2ccc(C)nc12. The Morgan fingerprint density at radius 1 is 1.10 bits per heavy atom. The first kappa shape index (κ1) is 13.1. The monoisotopic (exact) mass is 275 g/mol. The van der Waals surface area contributed by atoms with Crippen molar-refractivity contribution in [2.75, 3.05) is 7.11 Å². The lowest BCUT2D eigenvalue weighted by Gasteiger charge is -2.10. The van der Waals surface area contributed by atoms with Gasteiger partial charge in [-0.1, -0.05) is 6.07 Å². The molecule has 0 aliphatic rings. The molecule has 2 heterocycles. The summed E-state index contributed by atoms with van der Waals surface area (Å²) in [5, 5.41) is 9.84. The summed E-state index contributed by atoms with van der Waals surface area (Å²) in [6.45, 7) is 1.95. The number of nitriles is 1. The zero-order valence-corrected chi connectivity index (χ0v) is 11.8. The van der Waals surface area contributed by atoms with E-state index in [0.717, 1.165) is 33.5 Å². The third-order valence-electron chi connectivity index (χ3n) is 3.37. The lowest BCUT2D eigenvalue weighted by molar-refractivity contribution is 0.419. The number of aryl methyl sites for hydroxylation is 1. The fraction of sp³-hybridized carbons (Fsp3) is 0.118. The van der Waals surface area contributed by atoms with Crippen molar-refractivity contribution in [2.24, 2.45) is 0 Å². The van der Waals surface area contributed by atoms with Crippen LogP contribution in [0.1, 0.15) is 11.4 Å². The first-order chi connectivity index (χ1) is 10.2. The van der Waals surface area contributed by atoms with E-state index in [1.807, 2.05) is 43.3 Å². The fourth-order valence-electron chi connectivity index (χ4n) is 2.33. The molecule has 1 aromatic carbocycles. The van der Waals surface area contributed by atoms with Gasteiger partial charge in [0.1, 0.15) is 23.0 Å². The van der Waals surface area contributed by atoms with Gasteiger partial charge in [0.2, 0.25) is 0 Å². The zero-order chi connectivity index (χ0) is 14.8. The summed E-state index contributed by atoms with van der Waals surface area (Å²) >= 11 is 0. The zero-order valence-electron chi connectivity index (χ0n) is 11.8. The smallest absolute Gasteiger partial charge is 0.145 e. The van der Waals surface area contributed by atoms with E-state index < -0.39 is 0 Å². The summed E-state index contributed by atoms with van der Waals surface area (Å²) in [6, 6.07) is 13.5. The molecule has 4 heteroatoms. The minimum Gasteiger partial charge on any atom is -0.494 e. The number of hydrogen-bond donors (Lipinski definition) is 0. The Morgan fingerprint density at radius 2 is 1.95 bits per heavy atom. The van der Waals surface area contributed by atoms with Crippen LogP contribution in [0.4, 0.5) is 0 Å². The van der Waals surface area contributed by atoms with Crippen LogP contribution in [0.3, 0.4) is 0 Å². The molecule has 4 nitrogen and oxygen atoms in total. The first-order valence-corrected chi connectivity index (χ1v) is 6.54. The molecule has 102 valence electrons. The van der Waals surface area contributed by atoms with Crippen LogP contribution in [0.15, 0.2) is 42.6 Å². The maximum Gasteiger partial charge on any atom is 0.145 e. The van der Waals surface area contributed by atoms with Crippen molar-refractivity contribution in [2.45, 2.75) is 6.92 Å². The maximum absolute atomic E-state index is 8.83. The highest BCUT2D eigenvalue weighted by Crippen LogP contribution is 2.33. The Labute approximate surface area is 122 Å². The van der Waals surface area contributed by atoms with Gasteiger partial charge in [0, 0.05) is 22.8 Å². The average Bonchev–Trinajstić information content (AvgIpc) is 2.54. The van der Waals surface area contributed by atoms with Gasteiger partial charge in [-0.05, 0) is 42.8 Å². The summed E-state index contributed by atoms with van der Waals surface area (Å²) in [7, 11) is 1.64. The Morgan fingerprint density at radius 3 is 2.62 bits per heavy atom. The van der Waals surface area contributed by atoms with Gasteiger partial charge in [0.25, 0.3) is 0 Å². The number of rotatable bonds is 2. The molecule has 0 N–H and O–H groups in total. The van der Waals surface area contributed by atoms with E-state index in [4.69, 9.17) is 10.00 Å². The minimum atomic E-state index is 0.408. The first-order valence-electron chi connectivity index (χ1n) is 6.54. The third-order valence-corrected chi connectivity index (χ3v) is 3.37. The molecule has 0 unspecified atom stereocenters. The van der Waals surface area contributed by atoms with Crippen LogP contribution >= 0.6 is 0 Å². The molecule has 21 heavy (non-hydrogen) atoms. The van der Waals surface area contributed by atoms with Crippen LogP contribution < -0.4 is 4.74 Å². The van der Waals surface area contributed by atoms with Crippen molar-refractivity contribution in [3.8, 4) is 22.9 Å². The number of benzene rings is 1. The summed E-state index contributed by atoms with van der Waals surface area (Å²) < 4.78 is 5.39. The number of nitrogens with zero attached hydrogens (tertiary/aromatic N) is 3. The standard InChI is InChI=1S/C17H13N3O/c1-11-3-6-15-14(7-8-16(21-2)17(15)20-11)12-4-5-13(9-18)19-10-12/h3-8,10H,1-2H3. The Balaban J connectivity index is 2.25. The molecule has 0 fully saturated rings. The molecule has 3 rings (SSSR count). The van der Waals surface area contributed by atoms with Crippen molar-refractivity contribution < 1.29 is 4.74 Å². The second-order valence-corrected chi connectivity index (χ2v) is 4.71. The van der Waals surface area contributed by atoms with E-state index in [9.17, 15) is 0 Å². The lowest BCUT2D eigenvalue weighted by Crippen LogP contribution is -1.92. The number of methoxy groups -OCH3 is 1. The highest BCUT2D eigenvalue weighted by molar-refractivity contribution is 5.97. The van der Waals surface area contributed by atoms with Crippen LogP contribution in [0.5, 0.6) is 5.75 Å². The van der Waals surface area contributed by atoms with Crippen molar-refractivity contribution in [3.63, 3.8) is 0 Å². The largest absolute Gasteiger partial charge is 0.494 e. The average molecular weight is 275 g/mol. The van der Waals surface area contributed by atoms with E-state index in [-0.39, 0.29) is 0 Å². The van der Waals surface area contributed by atoms with E-state index >= 15 is 0 Å². The summed E-state index contributed by atoms with van der Waals surface area (Å²) in [6.07, 6.45) is 1.71. The van der Waals surface area contributed by atoms with Gasteiger partial charge in [-0.25, -0.2) is 9.97 Å². The molecule has 0 radical (unpaired) electrons. The molecule has 0 spiro atoms. The van der Waals surface area contributed by atoms with Gasteiger partial charge < -0.3 is 4.74 Å².